The number of aryl methyl sites for hydroxylation is 1. The number of carboxylic acids is 1. The van der Waals surface area contributed by atoms with E-state index in [1.807, 2.05) is 6.07 Å². The van der Waals surface area contributed by atoms with Gasteiger partial charge in [0.1, 0.15) is 6.33 Å². The van der Waals surface area contributed by atoms with E-state index in [4.69, 9.17) is 5.11 Å². The smallest absolute Gasteiger partial charge is 0.307 e. The predicted octanol–water partition coefficient (Wildman–Crippen LogP) is 1.53. The fourth-order valence-corrected chi connectivity index (χ4v) is 2.55. The number of nitrogens with zero attached hydrogens (tertiary/aromatic N) is 3. The maximum atomic E-state index is 12.2. The second-order valence-electron chi connectivity index (χ2n) is 5.44. The van der Waals surface area contributed by atoms with Crippen molar-refractivity contribution in [2.75, 3.05) is 5.32 Å². The SMILES string of the molecule is Cn1cnc(-c2cccc(NC(=O)C3CCC3C(=O)O)c2)n1. The number of anilines is 1. The van der Waals surface area contributed by atoms with E-state index in [1.165, 1.54) is 0 Å². The zero-order chi connectivity index (χ0) is 15.7. The summed E-state index contributed by atoms with van der Waals surface area (Å²) in [5.74, 6) is -1.59. The second-order valence-corrected chi connectivity index (χ2v) is 5.44. The number of aliphatic carboxylic acids is 1. The highest BCUT2D eigenvalue weighted by molar-refractivity contribution is 5.96. The number of benzene rings is 1. The topological polar surface area (TPSA) is 97.1 Å². The van der Waals surface area contributed by atoms with E-state index in [9.17, 15) is 9.59 Å². The molecule has 2 unspecified atom stereocenters. The highest BCUT2D eigenvalue weighted by Gasteiger charge is 2.41. The Hall–Kier alpha value is -2.70. The molecule has 114 valence electrons. The molecule has 1 aromatic heterocycles. The first-order valence-electron chi connectivity index (χ1n) is 7.04. The summed E-state index contributed by atoms with van der Waals surface area (Å²) in [6.45, 7) is 0. The zero-order valence-electron chi connectivity index (χ0n) is 12.1. The molecule has 1 saturated carbocycles. The highest BCUT2D eigenvalue weighted by Crippen LogP contribution is 2.35. The van der Waals surface area contributed by atoms with Crippen molar-refractivity contribution >= 4 is 17.6 Å². The van der Waals surface area contributed by atoms with Crippen LogP contribution in [0.4, 0.5) is 5.69 Å². The van der Waals surface area contributed by atoms with Gasteiger partial charge in [0.2, 0.25) is 5.91 Å². The Balaban J connectivity index is 1.73. The Morgan fingerprint density at radius 3 is 2.68 bits per heavy atom. The van der Waals surface area contributed by atoms with Gasteiger partial charge in [-0.1, -0.05) is 12.1 Å². The molecule has 7 heteroatoms. The first kappa shape index (κ1) is 14.2. The molecular formula is C15H16N4O3. The third kappa shape index (κ3) is 2.69. The molecule has 2 N–H and O–H groups in total. The van der Waals surface area contributed by atoms with Gasteiger partial charge in [0.25, 0.3) is 0 Å². The monoisotopic (exact) mass is 300 g/mol. The first-order valence-corrected chi connectivity index (χ1v) is 7.04. The summed E-state index contributed by atoms with van der Waals surface area (Å²) in [6.07, 6.45) is 2.78. The van der Waals surface area contributed by atoms with Crippen LogP contribution < -0.4 is 5.32 Å². The summed E-state index contributed by atoms with van der Waals surface area (Å²) < 4.78 is 1.60. The Morgan fingerprint density at radius 2 is 2.09 bits per heavy atom. The number of carbonyl (C=O) groups is 2. The number of carbonyl (C=O) groups excluding carboxylic acids is 1. The quantitative estimate of drug-likeness (QED) is 0.892. The van der Waals surface area contributed by atoms with Crippen LogP contribution in [0.25, 0.3) is 11.4 Å². The number of hydrogen-bond acceptors (Lipinski definition) is 4. The second kappa shape index (κ2) is 5.59. The van der Waals surface area contributed by atoms with Crippen molar-refractivity contribution in [1.29, 1.82) is 0 Å². The molecule has 0 radical (unpaired) electrons. The highest BCUT2D eigenvalue weighted by atomic mass is 16.4. The summed E-state index contributed by atoms with van der Waals surface area (Å²) in [4.78, 5) is 27.3. The molecule has 0 bridgehead atoms. The minimum atomic E-state index is -0.905. The average molecular weight is 300 g/mol. The Kier molecular flexibility index (Phi) is 3.62. The molecule has 1 aromatic carbocycles. The van der Waals surface area contributed by atoms with Crippen molar-refractivity contribution < 1.29 is 14.7 Å². The van der Waals surface area contributed by atoms with Crippen LogP contribution in [0.5, 0.6) is 0 Å². The molecule has 1 heterocycles. The van der Waals surface area contributed by atoms with Crippen molar-refractivity contribution in [3.05, 3.63) is 30.6 Å². The molecule has 2 atom stereocenters. The fourth-order valence-electron chi connectivity index (χ4n) is 2.55. The maximum Gasteiger partial charge on any atom is 0.307 e. The third-order valence-corrected chi connectivity index (χ3v) is 3.92. The molecule has 22 heavy (non-hydrogen) atoms. The molecule has 1 amide bonds. The lowest BCUT2D eigenvalue weighted by Gasteiger charge is -2.31. The van der Waals surface area contributed by atoms with E-state index < -0.39 is 17.8 Å². The predicted molar refractivity (Wildman–Crippen MR) is 78.9 cm³/mol. The van der Waals surface area contributed by atoms with Crippen LogP contribution in [0.3, 0.4) is 0 Å². The maximum absolute atomic E-state index is 12.2. The van der Waals surface area contributed by atoms with Gasteiger partial charge >= 0.3 is 5.97 Å². The number of nitrogens with one attached hydrogen (secondary N) is 1. The van der Waals surface area contributed by atoms with Crippen LogP contribution in [0, 0.1) is 11.8 Å². The van der Waals surface area contributed by atoms with E-state index in [0.717, 1.165) is 5.56 Å². The molecule has 0 aliphatic heterocycles. The van der Waals surface area contributed by atoms with Crippen LogP contribution in [0.1, 0.15) is 12.8 Å². The minimum absolute atomic E-state index is 0.246. The van der Waals surface area contributed by atoms with Crippen molar-refractivity contribution in [3.8, 4) is 11.4 Å². The normalized spacial score (nSPS) is 20.2. The van der Waals surface area contributed by atoms with Gasteiger partial charge in [-0.2, -0.15) is 5.10 Å². The largest absolute Gasteiger partial charge is 0.481 e. The summed E-state index contributed by atoms with van der Waals surface area (Å²) >= 11 is 0. The van der Waals surface area contributed by atoms with Crippen molar-refractivity contribution in [2.24, 2.45) is 18.9 Å². The van der Waals surface area contributed by atoms with Gasteiger partial charge in [-0.15, -0.1) is 0 Å². The number of rotatable bonds is 4. The lowest BCUT2D eigenvalue weighted by molar-refractivity contribution is -0.151. The number of aromatic nitrogens is 3. The Morgan fingerprint density at radius 1 is 1.32 bits per heavy atom. The molecule has 1 aliphatic carbocycles. The molecule has 7 nitrogen and oxygen atoms in total. The van der Waals surface area contributed by atoms with Crippen LogP contribution in [-0.4, -0.2) is 31.7 Å². The Labute approximate surface area is 127 Å². The van der Waals surface area contributed by atoms with Gasteiger partial charge in [0.15, 0.2) is 5.82 Å². The lowest BCUT2D eigenvalue weighted by atomic mass is 9.73. The molecule has 3 rings (SSSR count). The van der Waals surface area contributed by atoms with Crippen LogP contribution in [0.15, 0.2) is 30.6 Å². The minimum Gasteiger partial charge on any atom is -0.481 e. The number of amides is 1. The van der Waals surface area contributed by atoms with Gasteiger partial charge in [0.05, 0.1) is 11.8 Å². The van der Waals surface area contributed by atoms with Gasteiger partial charge in [-0.05, 0) is 25.0 Å². The lowest BCUT2D eigenvalue weighted by Crippen LogP contribution is -2.41. The summed E-state index contributed by atoms with van der Waals surface area (Å²) in [7, 11) is 1.78. The van der Waals surface area contributed by atoms with Crippen molar-refractivity contribution in [2.45, 2.75) is 12.8 Å². The van der Waals surface area contributed by atoms with E-state index >= 15 is 0 Å². The van der Waals surface area contributed by atoms with Gasteiger partial charge in [-0.25, -0.2) is 4.98 Å². The number of hydrogen-bond donors (Lipinski definition) is 2. The number of carboxylic acid groups (broad SMARTS) is 1. The van der Waals surface area contributed by atoms with E-state index in [-0.39, 0.29) is 5.91 Å². The van der Waals surface area contributed by atoms with E-state index in [2.05, 4.69) is 15.4 Å². The average Bonchev–Trinajstić information content (AvgIpc) is 2.83. The Bertz CT molecular complexity index is 725. The third-order valence-electron chi connectivity index (χ3n) is 3.92. The van der Waals surface area contributed by atoms with Crippen LogP contribution in [-0.2, 0) is 16.6 Å². The van der Waals surface area contributed by atoms with Gasteiger partial charge in [0, 0.05) is 18.3 Å². The zero-order valence-corrected chi connectivity index (χ0v) is 12.1. The van der Waals surface area contributed by atoms with E-state index in [1.54, 1.807) is 36.3 Å². The van der Waals surface area contributed by atoms with E-state index in [0.29, 0.717) is 24.4 Å². The van der Waals surface area contributed by atoms with Crippen molar-refractivity contribution in [1.82, 2.24) is 14.8 Å². The fraction of sp³-hybridized carbons (Fsp3) is 0.333. The summed E-state index contributed by atoms with van der Waals surface area (Å²) in [6, 6.07) is 7.20. The first-order chi connectivity index (χ1) is 10.5. The molecule has 1 aliphatic rings. The standard InChI is InChI=1S/C15H16N4O3/c1-19-8-16-13(18-19)9-3-2-4-10(7-9)17-14(20)11-5-6-12(11)15(21)22/h2-4,7-8,11-12H,5-6H2,1H3,(H,17,20)(H,21,22). The molecule has 0 saturated heterocycles. The molecular weight excluding hydrogens is 284 g/mol. The summed E-state index contributed by atoms with van der Waals surface area (Å²) in [5, 5.41) is 16.0. The van der Waals surface area contributed by atoms with Crippen LogP contribution >= 0.6 is 0 Å². The summed E-state index contributed by atoms with van der Waals surface area (Å²) in [5.41, 5.74) is 1.41. The molecule has 2 aromatic rings. The molecule has 0 spiro atoms. The van der Waals surface area contributed by atoms with Gasteiger partial charge in [-0.3, -0.25) is 14.3 Å². The van der Waals surface area contributed by atoms with Gasteiger partial charge < -0.3 is 10.4 Å². The van der Waals surface area contributed by atoms with Crippen molar-refractivity contribution in [3.63, 3.8) is 0 Å². The van der Waals surface area contributed by atoms with Crippen LogP contribution in [0.2, 0.25) is 0 Å². The molecule has 1 fully saturated rings.